The number of carbonyl (C=O) groups is 1. The van der Waals surface area contributed by atoms with E-state index in [1.54, 1.807) is 25.3 Å². The van der Waals surface area contributed by atoms with E-state index in [1.165, 1.54) is 7.11 Å². The van der Waals surface area contributed by atoms with Crippen molar-refractivity contribution in [2.75, 3.05) is 14.2 Å². The molecule has 3 nitrogen and oxygen atoms in total. The van der Waals surface area contributed by atoms with E-state index < -0.39 is 0 Å². The summed E-state index contributed by atoms with van der Waals surface area (Å²) in [7, 11) is 3.10. The minimum absolute atomic E-state index is 0.106. The number of hydrogen-bond donors (Lipinski definition) is 0. The van der Waals surface area contributed by atoms with Gasteiger partial charge < -0.3 is 9.47 Å². The maximum Gasteiger partial charge on any atom is 0.197 e. The zero-order chi connectivity index (χ0) is 15.6. The Morgan fingerprint density at radius 3 is 2.29 bits per heavy atom. The van der Waals surface area contributed by atoms with Crippen molar-refractivity contribution in [3.8, 4) is 11.5 Å². The summed E-state index contributed by atoms with van der Waals surface area (Å²) in [6.45, 7) is 1.95. The SMILES string of the molecule is COc1cc(Br)c(C(=O)c2cc(C)cc(Br)c2)c(OC)c1. The molecule has 5 heteroatoms. The van der Waals surface area contributed by atoms with Crippen molar-refractivity contribution in [3.05, 3.63) is 56.0 Å². The van der Waals surface area contributed by atoms with Gasteiger partial charge in [-0.15, -0.1) is 0 Å². The molecule has 0 heterocycles. The van der Waals surface area contributed by atoms with Crippen molar-refractivity contribution in [1.82, 2.24) is 0 Å². The summed E-state index contributed by atoms with van der Waals surface area (Å²) in [6, 6.07) is 9.05. The van der Waals surface area contributed by atoms with Crippen molar-refractivity contribution in [2.45, 2.75) is 6.92 Å². The van der Waals surface area contributed by atoms with E-state index in [0.29, 0.717) is 27.1 Å². The van der Waals surface area contributed by atoms with Gasteiger partial charge in [-0.05, 0) is 52.7 Å². The molecule has 0 spiro atoms. The number of halogens is 2. The Morgan fingerprint density at radius 1 is 1.00 bits per heavy atom. The van der Waals surface area contributed by atoms with E-state index in [9.17, 15) is 4.79 Å². The van der Waals surface area contributed by atoms with E-state index in [4.69, 9.17) is 9.47 Å². The first-order chi connectivity index (χ1) is 9.96. The third-order valence-corrected chi connectivity index (χ3v) is 4.10. The smallest absolute Gasteiger partial charge is 0.197 e. The van der Waals surface area contributed by atoms with Crippen LogP contribution in [0.1, 0.15) is 21.5 Å². The fraction of sp³-hybridized carbons (Fsp3) is 0.188. The van der Waals surface area contributed by atoms with Gasteiger partial charge in [0.2, 0.25) is 0 Å². The Balaban J connectivity index is 2.57. The predicted octanol–water partition coefficient (Wildman–Crippen LogP) is 4.77. The summed E-state index contributed by atoms with van der Waals surface area (Å²) in [6.07, 6.45) is 0. The monoisotopic (exact) mass is 412 g/mol. The number of rotatable bonds is 4. The zero-order valence-corrected chi connectivity index (χ0v) is 15.0. The summed E-state index contributed by atoms with van der Waals surface area (Å²) in [5.41, 5.74) is 2.10. The van der Waals surface area contributed by atoms with E-state index in [-0.39, 0.29) is 5.78 Å². The third-order valence-electron chi connectivity index (χ3n) is 3.01. The normalized spacial score (nSPS) is 10.3. The maximum atomic E-state index is 12.8. The second-order valence-corrected chi connectivity index (χ2v) is 6.30. The van der Waals surface area contributed by atoms with Crippen molar-refractivity contribution in [3.63, 3.8) is 0 Å². The molecule has 0 amide bonds. The summed E-state index contributed by atoms with van der Waals surface area (Å²) < 4.78 is 12.0. The van der Waals surface area contributed by atoms with Crippen LogP contribution in [-0.4, -0.2) is 20.0 Å². The first-order valence-electron chi connectivity index (χ1n) is 6.19. The molecule has 0 atom stereocenters. The molecular formula is C16H14Br2O3. The lowest BCUT2D eigenvalue weighted by atomic mass is 10.0. The van der Waals surface area contributed by atoms with E-state index >= 15 is 0 Å². The fourth-order valence-electron chi connectivity index (χ4n) is 2.07. The largest absolute Gasteiger partial charge is 0.497 e. The lowest BCUT2D eigenvalue weighted by Gasteiger charge is -2.12. The molecule has 2 aromatic carbocycles. The molecule has 0 fully saturated rings. The summed E-state index contributed by atoms with van der Waals surface area (Å²) in [5, 5.41) is 0. The van der Waals surface area contributed by atoms with Crippen molar-refractivity contribution in [2.24, 2.45) is 0 Å². The average molecular weight is 414 g/mol. The number of carbonyl (C=O) groups excluding carboxylic acids is 1. The number of methoxy groups -OCH3 is 2. The van der Waals surface area contributed by atoms with Crippen LogP contribution >= 0.6 is 31.9 Å². The Hall–Kier alpha value is -1.33. The second-order valence-electron chi connectivity index (χ2n) is 4.53. The topological polar surface area (TPSA) is 35.5 Å². The highest BCUT2D eigenvalue weighted by Crippen LogP contribution is 2.34. The molecule has 0 saturated carbocycles. The molecule has 0 aliphatic heterocycles. The van der Waals surface area contributed by atoms with Gasteiger partial charge >= 0.3 is 0 Å². The maximum absolute atomic E-state index is 12.8. The second kappa shape index (κ2) is 6.62. The molecule has 0 unspecified atom stereocenters. The first kappa shape index (κ1) is 16.0. The van der Waals surface area contributed by atoms with E-state index in [1.807, 2.05) is 19.1 Å². The van der Waals surface area contributed by atoms with Gasteiger partial charge in [0, 0.05) is 20.6 Å². The third kappa shape index (κ3) is 3.47. The molecule has 0 aromatic heterocycles. The molecule has 2 rings (SSSR count). The molecule has 0 radical (unpaired) electrons. The average Bonchev–Trinajstić information content (AvgIpc) is 2.44. The van der Waals surface area contributed by atoms with Gasteiger partial charge in [0.15, 0.2) is 5.78 Å². The molecule has 0 bridgehead atoms. The highest BCUT2D eigenvalue weighted by molar-refractivity contribution is 9.10. The van der Waals surface area contributed by atoms with Crippen LogP contribution in [0.2, 0.25) is 0 Å². The van der Waals surface area contributed by atoms with Crippen LogP contribution in [0.15, 0.2) is 39.3 Å². The van der Waals surface area contributed by atoms with Crippen LogP contribution in [-0.2, 0) is 0 Å². The molecule has 21 heavy (non-hydrogen) atoms. The lowest BCUT2D eigenvalue weighted by molar-refractivity contribution is 0.103. The number of benzene rings is 2. The molecule has 0 aliphatic carbocycles. The van der Waals surface area contributed by atoms with Crippen LogP contribution in [0.3, 0.4) is 0 Å². The minimum atomic E-state index is -0.106. The highest BCUT2D eigenvalue weighted by atomic mass is 79.9. The highest BCUT2D eigenvalue weighted by Gasteiger charge is 2.20. The van der Waals surface area contributed by atoms with Gasteiger partial charge in [0.25, 0.3) is 0 Å². The van der Waals surface area contributed by atoms with Crippen LogP contribution in [0.5, 0.6) is 11.5 Å². The number of aryl methyl sites for hydroxylation is 1. The first-order valence-corrected chi connectivity index (χ1v) is 7.78. The number of ketones is 1. The number of ether oxygens (including phenoxy) is 2. The van der Waals surface area contributed by atoms with Gasteiger partial charge in [-0.1, -0.05) is 15.9 Å². The Kier molecular flexibility index (Phi) is 5.06. The standard InChI is InChI=1S/C16H14Br2O3/c1-9-4-10(6-11(17)5-9)16(19)15-13(18)7-12(20-2)8-14(15)21-3/h4-8H,1-3H3. The van der Waals surface area contributed by atoms with Crippen LogP contribution in [0, 0.1) is 6.92 Å². The van der Waals surface area contributed by atoms with Gasteiger partial charge in [-0.2, -0.15) is 0 Å². The van der Waals surface area contributed by atoms with Crippen LogP contribution in [0.4, 0.5) is 0 Å². The minimum Gasteiger partial charge on any atom is -0.497 e. The summed E-state index contributed by atoms with van der Waals surface area (Å²) in [5.74, 6) is 0.996. The van der Waals surface area contributed by atoms with Gasteiger partial charge in [-0.3, -0.25) is 4.79 Å². The fourth-order valence-corrected chi connectivity index (χ4v) is 3.28. The molecule has 0 N–H and O–H groups in total. The summed E-state index contributed by atoms with van der Waals surface area (Å²) in [4.78, 5) is 12.8. The van der Waals surface area contributed by atoms with Crippen molar-refractivity contribution in [1.29, 1.82) is 0 Å². The molecule has 110 valence electrons. The Bertz CT molecular complexity index is 676. The van der Waals surface area contributed by atoms with Gasteiger partial charge in [0.05, 0.1) is 19.8 Å². The summed E-state index contributed by atoms with van der Waals surface area (Å²) >= 11 is 6.84. The zero-order valence-electron chi connectivity index (χ0n) is 11.9. The predicted molar refractivity (Wildman–Crippen MR) is 89.6 cm³/mol. The molecule has 0 aliphatic rings. The lowest BCUT2D eigenvalue weighted by Crippen LogP contribution is -2.06. The number of hydrogen-bond acceptors (Lipinski definition) is 3. The Morgan fingerprint density at radius 2 is 1.71 bits per heavy atom. The van der Waals surface area contributed by atoms with Gasteiger partial charge in [-0.25, -0.2) is 0 Å². The Labute approximate surface area is 140 Å². The van der Waals surface area contributed by atoms with E-state index in [2.05, 4.69) is 31.9 Å². The molecule has 2 aromatic rings. The van der Waals surface area contributed by atoms with Crippen LogP contribution < -0.4 is 9.47 Å². The van der Waals surface area contributed by atoms with Gasteiger partial charge in [0.1, 0.15) is 11.5 Å². The van der Waals surface area contributed by atoms with Crippen molar-refractivity contribution >= 4 is 37.6 Å². The molecular weight excluding hydrogens is 400 g/mol. The molecule has 0 saturated heterocycles. The quantitative estimate of drug-likeness (QED) is 0.677. The van der Waals surface area contributed by atoms with E-state index in [0.717, 1.165) is 10.0 Å². The van der Waals surface area contributed by atoms with Crippen molar-refractivity contribution < 1.29 is 14.3 Å². The van der Waals surface area contributed by atoms with Crippen LogP contribution in [0.25, 0.3) is 0 Å².